The van der Waals surface area contributed by atoms with Gasteiger partial charge in [-0.3, -0.25) is 0 Å². The maximum absolute atomic E-state index is 11.7. The molecular weight excluding hydrogens is 288 g/mol. The summed E-state index contributed by atoms with van der Waals surface area (Å²) < 4.78 is 14.5. The number of esters is 2. The Balaban J connectivity index is 1.82. The van der Waals surface area contributed by atoms with Crippen molar-refractivity contribution < 1.29 is 43.6 Å². The molecule has 9 nitrogen and oxygen atoms in total. The highest BCUT2D eigenvalue weighted by Gasteiger charge is 2.40. The number of carbonyl (C=O) groups is 4. The van der Waals surface area contributed by atoms with Crippen LogP contribution in [0.4, 0.5) is 0 Å². The molecule has 2 aliphatic heterocycles. The molecule has 0 aromatic rings. The van der Waals surface area contributed by atoms with E-state index in [1.165, 1.54) is 0 Å². The van der Waals surface area contributed by atoms with Crippen LogP contribution in [0.1, 0.15) is 25.7 Å². The lowest BCUT2D eigenvalue weighted by atomic mass is 10.2. The van der Waals surface area contributed by atoms with Gasteiger partial charge in [-0.25, -0.2) is 19.2 Å². The summed E-state index contributed by atoms with van der Waals surface area (Å²) in [6.45, 7) is 0. The van der Waals surface area contributed by atoms with Crippen LogP contribution in [0, 0.1) is 0 Å². The van der Waals surface area contributed by atoms with Crippen molar-refractivity contribution in [2.75, 3.05) is 0 Å². The fraction of sp³-hybridized carbons (Fsp3) is 0.667. The zero-order chi connectivity index (χ0) is 15.6. The van der Waals surface area contributed by atoms with Crippen LogP contribution < -0.4 is 0 Å². The quantitative estimate of drug-likeness (QED) is 0.511. The van der Waals surface area contributed by atoms with Crippen LogP contribution in [0.25, 0.3) is 0 Å². The third-order valence-electron chi connectivity index (χ3n) is 3.32. The molecule has 2 N–H and O–H groups in total. The fourth-order valence-corrected chi connectivity index (χ4v) is 2.22. The van der Waals surface area contributed by atoms with Gasteiger partial charge in [-0.05, 0) is 25.7 Å². The molecule has 0 radical (unpaired) electrons. The third-order valence-corrected chi connectivity index (χ3v) is 3.32. The van der Waals surface area contributed by atoms with E-state index in [2.05, 4.69) is 4.74 Å². The van der Waals surface area contributed by atoms with Gasteiger partial charge in [0.05, 0.1) is 0 Å². The number of ether oxygens (including phenoxy) is 3. The standard InChI is InChI=1S/C12H14O9/c13-9(14)5-1-3-7(19-5)11(17)21-12(18)8-4-2-6(20-8)10(15)16/h5-8H,1-4H2,(H,13,14)(H,15,16). The smallest absolute Gasteiger partial charge is 0.342 e. The lowest BCUT2D eigenvalue weighted by molar-refractivity contribution is -0.176. The molecule has 2 saturated heterocycles. The summed E-state index contributed by atoms with van der Waals surface area (Å²) in [5.74, 6) is -4.32. The summed E-state index contributed by atoms with van der Waals surface area (Å²) in [5.41, 5.74) is 0. The predicted molar refractivity (Wildman–Crippen MR) is 62.2 cm³/mol. The molecule has 21 heavy (non-hydrogen) atoms. The van der Waals surface area contributed by atoms with Gasteiger partial charge >= 0.3 is 23.9 Å². The minimum atomic E-state index is -1.18. The Bertz CT molecular complexity index is 429. The van der Waals surface area contributed by atoms with Crippen molar-refractivity contribution in [1.82, 2.24) is 0 Å². The van der Waals surface area contributed by atoms with Crippen molar-refractivity contribution >= 4 is 23.9 Å². The molecule has 0 amide bonds. The normalized spacial score (nSPS) is 31.8. The number of carbonyl (C=O) groups excluding carboxylic acids is 2. The van der Waals surface area contributed by atoms with Gasteiger partial charge in [0.2, 0.25) is 0 Å². The number of hydrogen-bond donors (Lipinski definition) is 2. The largest absolute Gasteiger partial charge is 0.479 e. The Morgan fingerprint density at radius 3 is 1.33 bits per heavy atom. The molecule has 0 aromatic carbocycles. The molecule has 2 heterocycles. The van der Waals surface area contributed by atoms with Gasteiger partial charge in [-0.1, -0.05) is 0 Å². The van der Waals surface area contributed by atoms with E-state index >= 15 is 0 Å². The second-order valence-electron chi connectivity index (χ2n) is 4.80. The van der Waals surface area contributed by atoms with E-state index in [4.69, 9.17) is 19.7 Å². The zero-order valence-electron chi connectivity index (χ0n) is 10.9. The Kier molecular flexibility index (Phi) is 4.53. The lowest BCUT2D eigenvalue weighted by Crippen LogP contribution is -2.33. The molecule has 0 aliphatic carbocycles. The molecule has 116 valence electrons. The van der Waals surface area contributed by atoms with Crippen molar-refractivity contribution in [3.8, 4) is 0 Å². The van der Waals surface area contributed by atoms with Gasteiger partial charge < -0.3 is 24.4 Å². The van der Waals surface area contributed by atoms with Crippen LogP contribution >= 0.6 is 0 Å². The van der Waals surface area contributed by atoms with E-state index in [0.717, 1.165) is 0 Å². The highest BCUT2D eigenvalue weighted by atomic mass is 16.6. The van der Waals surface area contributed by atoms with Crippen molar-refractivity contribution in [2.24, 2.45) is 0 Å². The second kappa shape index (κ2) is 6.19. The summed E-state index contributed by atoms with van der Waals surface area (Å²) >= 11 is 0. The average Bonchev–Trinajstić information content (AvgIpc) is 3.08. The molecule has 0 spiro atoms. The van der Waals surface area contributed by atoms with Crippen LogP contribution in [0.3, 0.4) is 0 Å². The molecule has 2 rings (SSSR count). The second-order valence-corrected chi connectivity index (χ2v) is 4.80. The van der Waals surface area contributed by atoms with Crippen LogP contribution in [-0.2, 0) is 33.4 Å². The van der Waals surface area contributed by atoms with E-state index < -0.39 is 48.3 Å². The molecule has 0 saturated carbocycles. The van der Waals surface area contributed by atoms with Gasteiger partial charge in [-0.2, -0.15) is 0 Å². The maximum Gasteiger partial charge on any atom is 0.342 e. The number of aliphatic carboxylic acids is 2. The summed E-state index contributed by atoms with van der Waals surface area (Å²) in [7, 11) is 0. The highest BCUT2D eigenvalue weighted by Crippen LogP contribution is 2.23. The van der Waals surface area contributed by atoms with Crippen molar-refractivity contribution in [2.45, 2.75) is 50.1 Å². The Labute approximate surface area is 118 Å². The van der Waals surface area contributed by atoms with Crippen LogP contribution in [-0.4, -0.2) is 58.5 Å². The predicted octanol–water partition coefficient (Wildman–Crippen LogP) is -0.679. The number of rotatable bonds is 4. The summed E-state index contributed by atoms with van der Waals surface area (Å²) in [4.78, 5) is 44.7. The van der Waals surface area contributed by atoms with Gasteiger partial charge in [0, 0.05) is 0 Å². The molecule has 2 aliphatic rings. The number of hydrogen-bond acceptors (Lipinski definition) is 7. The van der Waals surface area contributed by atoms with Gasteiger partial charge in [0.1, 0.15) is 0 Å². The first-order chi connectivity index (χ1) is 9.88. The van der Waals surface area contributed by atoms with Crippen molar-refractivity contribution in [3.63, 3.8) is 0 Å². The van der Waals surface area contributed by atoms with Crippen molar-refractivity contribution in [1.29, 1.82) is 0 Å². The summed E-state index contributed by atoms with van der Waals surface area (Å²) in [6.07, 6.45) is -3.78. The van der Waals surface area contributed by atoms with Crippen LogP contribution in [0.15, 0.2) is 0 Å². The fourth-order valence-electron chi connectivity index (χ4n) is 2.22. The average molecular weight is 302 g/mol. The molecule has 0 bridgehead atoms. The van der Waals surface area contributed by atoms with Gasteiger partial charge in [0.15, 0.2) is 24.4 Å². The van der Waals surface area contributed by atoms with E-state index in [1.807, 2.05) is 0 Å². The van der Waals surface area contributed by atoms with Crippen LogP contribution in [0.5, 0.6) is 0 Å². The highest BCUT2D eigenvalue weighted by molar-refractivity contribution is 5.91. The zero-order valence-corrected chi connectivity index (χ0v) is 10.9. The van der Waals surface area contributed by atoms with E-state index in [-0.39, 0.29) is 25.7 Å². The number of carboxylic acids is 2. The Morgan fingerprint density at radius 1 is 0.714 bits per heavy atom. The maximum atomic E-state index is 11.7. The lowest BCUT2D eigenvalue weighted by Gasteiger charge is -2.13. The summed E-state index contributed by atoms with van der Waals surface area (Å²) in [5, 5.41) is 17.5. The summed E-state index contributed by atoms with van der Waals surface area (Å²) in [6, 6.07) is 0. The first-order valence-corrected chi connectivity index (χ1v) is 6.40. The molecule has 4 unspecified atom stereocenters. The van der Waals surface area contributed by atoms with Gasteiger partial charge in [-0.15, -0.1) is 0 Å². The number of carboxylic acid groups (broad SMARTS) is 2. The molecule has 0 aromatic heterocycles. The van der Waals surface area contributed by atoms with E-state index in [1.54, 1.807) is 0 Å². The molecule has 9 heteroatoms. The monoisotopic (exact) mass is 302 g/mol. The molecule has 2 fully saturated rings. The third kappa shape index (κ3) is 3.56. The SMILES string of the molecule is O=C(O)C1CCC(C(=O)OC(=O)C2CCC(C(=O)O)O2)O1. The van der Waals surface area contributed by atoms with Crippen molar-refractivity contribution in [3.05, 3.63) is 0 Å². The molecular formula is C12H14O9. The first-order valence-electron chi connectivity index (χ1n) is 6.40. The minimum Gasteiger partial charge on any atom is -0.479 e. The van der Waals surface area contributed by atoms with Crippen LogP contribution in [0.2, 0.25) is 0 Å². The first kappa shape index (κ1) is 15.4. The minimum absolute atomic E-state index is 0.145. The molecule has 4 atom stereocenters. The van der Waals surface area contributed by atoms with E-state index in [0.29, 0.717) is 0 Å². The van der Waals surface area contributed by atoms with Gasteiger partial charge in [0.25, 0.3) is 0 Å². The van der Waals surface area contributed by atoms with E-state index in [9.17, 15) is 19.2 Å². The Hall–Kier alpha value is -2.00. The topological polar surface area (TPSA) is 136 Å². The Morgan fingerprint density at radius 2 is 1.05 bits per heavy atom.